The standard InChI is InChI=1S/C20H14BrNO5/c21-13-7-5-12(6-8-13)18(23)16-17(15-4-2-10-27-15)22(20(25)19(16)24)11-14-3-1-9-26-14/h1-10,17,23H,11H2/b18-16+. The summed E-state index contributed by atoms with van der Waals surface area (Å²) in [6.45, 7) is 0.0834. The summed E-state index contributed by atoms with van der Waals surface area (Å²) in [6, 6.07) is 12.7. The molecule has 0 spiro atoms. The zero-order chi connectivity index (χ0) is 19.0. The fourth-order valence-electron chi connectivity index (χ4n) is 3.12. The van der Waals surface area contributed by atoms with Gasteiger partial charge in [0.2, 0.25) is 0 Å². The molecule has 1 atom stereocenters. The van der Waals surface area contributed by atoms with E-state index >= 15 is 0 Å². The summed E-state index contributed by atoms with van der Waals surface area (Å²) in [6.07, 6.45) is 2.96. The van der Waals surface area contributed by atoms with Gasteiger partial charge in [-0.2, -0.15) is 0 Å². The Balaban J connectivity index is 1.83. The largest absolute Gasteiger partial charge is 0.507 e. The summed E-state index contributed by atoms with van der Waals surface area (Å²) in [5.74, 6) is -0.810. The van der Waals surface area contributed by atoms with Crippen LogP contribution in [0.3, 0.4) is 0 Å². The highest BCUT2D eigenvalue weighted by Gasteiger charge is 2.47. The van der Waals surface area contributed by atoms with Gasteiger partial charge in [-0.15, -0.1) is 0 Å². The summed E-state index contributed by atoms with van der Waals surface area (Å²) >= 11 is 3.33. The molecule has 6 nitrogen and oxygen atoms in total. The van der Waals surface area contributed by atoms with Gasteiger partial charge in [-0.05, 0) is 36.4 Å². The van der Waals surface area contributed by atoms with E-state index in [9.17, 15) is 14.7 Å². The number of furan rings is 2. The number of carbonyl (C=O) groups is 2. The zero-order valence-corrected chi connectivity index (χ0v) is 15.5. The molecule has 3 heterocycles. The minimum Gasteiger partial charge on any atom is -0.507 e. The Morgan fingerprint density at radius 1 is 1.04 bits per heavy atom. The molecular weight excluding hydrogens is 414 g/mol. The van der Waals surface area contributed by atoms with Crippen LogP contribution in [0.2, 0.25) is 0 Å². The number of benzene rings is 1. The number of likely N-dealkylation sites (tertiary alicyclic amines) is 1. The Kier molecular flexibility index (Phi) is 4.45. The second kappa shape index (κ2) is 6.92. The predicted molar refractivity (Wildman–Crippen MR) is 99.4 cm³/mol. The van der Waals surface area contributed by atoms with Crippen molar-refractivity contribution in [3.8, 4) is 0 Å². The number of hydrogen-bond acceptors (Lipinski definition) is 5. The lowest BCUT2D eigenvalue weighted by Gasteiger charge is -2.22. The Morgan fingerprint density at radius 2 is 1.74 bits per heavy atom. The SMILES string of the molecule is O=C1C(=O)N(Cc2ccco2)C(c2ccco2)/C1=C(\O)c1ccc(Br)cc1. The lowest BCUT2D eigenvalue weighted by atomic mass is 9.99. The fraction of sp³-hybridized carbons (Fsp3) is 0.100. The van der Waals surface area contributed by atoms with Crippen molar-refractivity contribution in [3.05, 3.63) is 88.2 Å². The normalized spacial score (nSPS) is 19.0. The molecule has 1 saturated heterocycles. The number of Topliss-reactive ketones (excluding diaryl/α,β-unsaturated/α-hetero) is 1. The number of carbonyl (C=O) groups excluding carboxylic acids is 2. The molecule has 1 aliphatic rings. The van der Waals surface area contributed by atoms with E-state index in [1.54, 1.807) is 48.5 Å². The number of ketones is 1. The van der Waals surface area contributed by atoms with E-state index < -0.39 is 17.7 Å². The van der Waals surface area contributed by atoms with Gasteiger partial charge in [0, 0.05) is 10.0 Å². The molecule has 0 bridgehead atoms. The first-order chi connectivity index (χ1) is 13.1. The smallest absolute Gasteiger partial charge is 0.296 e. The molecule has 0 radical (unpaired) electrons. The number of halogens is 1. The third-order valence-electron chi connectivity index (χ3n) is 4.38. The van der Waals surface area contributed by atoms with Crippen molar-refractivity contribution in [2.24, 2.45) is 0 Å². The molecule has 7 heteroatoms. The quantitative estimate of drug-likeness (QED) is 0.382. The van der Waals surface area contributed by atoms with Crippen LogP contribution in [0, 0.1) is 0 Å². The van der Waals surface area contributed by atoms with Crippen molar-refractivity contribution in [3.63, 3.8) is 0 Å². The minimum absolute atomic E-state index is 0.0103. The molecule has 0 aliphatic carbocycles. The first-order valence-corrected chi connectivity index (χ1v) is 8.95. The Bertz CT molecular complexity index is 1000. The van der Waals surface area contributed by atoms with Crippen LogP contribution in [0.5, 0.6) is 0 Å². The third-order valence-corrected chi connectivity index (χ3v) is 4.91. The topological polar surface area (TPSA) is 83.9 Å². The molecule has 1 fully saturated rings. The van der Waals surface area contributed by atoms with E-state index in [4.69, 9.17) is 8.83 Å². The first kappa shape index (κ1) is 17.4. The number of hydrogen-bond donors (Lipinski definition) is 1. The van der Waals surface area contributed by atoms with Crippen LogP contribution in [0.25, 0.3) is 5.76 Å². The van der Waals surface area contributed by atoms with Crippen molar-refractivity contribution in [2.75, 3.05) is 0 Å². The molecule has 0 saturated carbocycles. The molecular formula is C20H14BrNO5. The average molecular weight is 428 g/mol. The summed E-state index contributed by atoms with van der Waals surface area (Å²) in [5, 5.41) is 10.8. The molecule has 1 aliphatic heterocycles. The summed E-state index contributed by atoms with van der Waals surface area (Å²) in [4.78, 5) is 26.8. The monoisotopic (exact) mass is 427 g/mol. The maximum Gasteiger partial charge on any atom is 0.296 e. The van der Waals surface area contributed by atoms with E-state index in [0.717, 1.165) is 4.47 Å². The number of aliphatic hydroxyl groups is 1. The van der Waals surface area contributed by atoms with E-state index in [2.05, 4.69) is 15.9 Å². The van der Waals surface area contributed by atoms with Crippen LogP contribution in [-0.2, 0) is 16.1 Å². The van der Waals surface area contributed by atoms with Crippen LogP contribution in [0.4, 0.5) is 0 Å². The van der Waals surface area contributed by atoms with Crippen molar-refractivity contribution in [2.45, 2.75) is 12.6 Å². The molecule has 1 unspecified atom stereocenters. The highest BCUT2D eigenvalue weighted by Crippen LogP contribution is 2.40. The van der Waals surface area contributed by atoms with E-state index in [1.807, 2.05) is 0 Å². The summed E-state index contributed by atoms with van der Waals surface area (Å²) < 4.78 is 11.6. The van der Waals surface area contributed by atoms with Gasteiger partial charge < -0.3 is 18.8 Å². The maximum atomic E-state index is 12.7. The second-order valence-corrected chi connectivity index (χ2v) is 6.94. The van der Waals surface area contributed by atoms with E-state index in [-0.39, 0.29) is 17.9 Å². The highest BCUT2D eigenvalue weighted by atomic mass is 79.9. The number of aliphatic hydroxyl groups excluding tert-OH is 1. The van der Waals surface area contributed by atoms with Crippen LogP contribution in [-0.4, -0.2) is 21.7 Å². The van der Waals surface area contributed by atoms with Gasteiger partial charge in [-0.3, -0.25) is 9.59 Å². The van der Waals surface area contributed by atoms with Gasteiger partial charge in [-0.25, -0.2) is 0 Å². The lowest BCUT2D eigenvalue weighted by Crippen LogP contribution is -2.28. The molecule has 27 heavy (non-hydrogen) atoms. The molecule has 1 amide bonds. The molecule has 3 aromatic rings. The first-order valence-electron chi connectivity index (χ1n) is 8.16. The van der Waals surface area contributed by atoms with Crippen LogP contribution in [0.15, 0.2) is 79.9 Å². The number of amides is 1. The number of nitrogens with zero attached hydrogens (tertiary/aromatic N) is 1. The fourth-order valence-corrected chi connectivity index (χ4v) is 3.38. The zero-order valence-electron chi connectivity index (χ0n) is 14.0. The van der Waals surface area contributed by atoms with Crippen LogP contribution < -0.4 is 0 Å². The van der Waals surface area contributed by atoms with Gasteiger partial charge in [-0.1, -0.05) is 28.1 Å². The van der Waals surface area contributed by atoms with Gasteiger partial charge in [0.05, 0.1) is 24.6 Å². The third kappa shape index (κ3) is 3.10. The Morgan fingerprint density at radius 3 is 2.37 bits per heavy atom. The van der Waals surface area contributed by atoms with E-state index in [0.29, 0.717) is 17.1 Å². The van der Waals surface area contributed by atoms with Gasteiger partial charge in [0.15, 0.2) is 0 Å². The maximum absolute atomic E-state index is 12.7. The average Bonchev–Trinajstić information content (AvgIpc) is 3.40. The van der Waals surface area contributed by atoms with Crippen molar-refractivity contribution in [1.82, 2.24) is 4.90 Å². The van der Waals surface area contributed by atoms with Gasteiger partial charge in [0.25, 0.3) is 11.7 Å². The lowest BCUT2D eigenvalue weighted by molar-refractivity contribution is -0.140. The minimum atomic E-state index is -0.839. The predicted octanol–water partition coefficient (Wildman–Crippen LogP) is 4.26. The van der Waals surface area contributed by atoms with Crippen LogP contribution >= 0.6 is 15.9 Å². The van der Waals surface area contributed by atoms with Crippen molar-refractivity contribution < 1.29 is 23.5 Å². The summed E-state index contributed by atoms with van der Waals surface area (Å²) in [7, 11) is 0. The van der Waals surface area contributed by atoms with Crippen molar-refractivity contribution >= 4 is 33.4 Å². The molecule has 1 aromatic carbocycles. The van der Waals surface area contributed by atoms with E-state index in [1.165, 1.54) is 17.4 Å². The van der Waals surface area contributed by atoms with Crippen LogP contribution in [0.1, 0.15) is 23.1 Å². The summed E-state index contributed by atoms with van der Waals surface area (Å²) in [5.41, 5.74) is 0.426. The van der Waals surface area contributed by atoms with Gasteiger partial charge >= 0.3 is 0 Å². The molecule has 4 rings (SSSR count). The second-order valence-electron chi connectivity index (χ2n) is 6.03. The Hall–Kier alpha value is -3.06. The molecule has 136 valence electrons. The Labute approximate surface area is 162 Å². The van der Waals surface area contributed by atoms with Gasteiger partial charge in [0.1, 0.15) is 23.3 Å². The molecule has 2 aromatic heterocycles. The van der Waals surface area contributed by atoms with Crippen molar-refractivity contribution in [1.29, 1.82) is 0 Å². The highest BCUT2D eigenvalue weighted by molar-refractivity contribution is 9.10. The molecule has 1 N–H and O–H groups in total. The number of rotatable bonds is 4.